The van der Waals surface area contributed by atoms with Gasteiger partial charge in [0, 0.05) is 26.2 Å². The number of allylic oxidation sites excluding steroid dienone is 1. The standard InChI is InChI=1S/C12H16FN3/c1-2-11(13)12-4-3-10(9-15-12)16-7-5-14-6-8-16/h2-4,9,14H,5-8H2,1H3/b11-2-. The zero-order valence-corrected chi connectivity index (χ0v) is 9.41. The molecule has 1 aromatic heterocycles. The van der Waals surface area contributed by atoms with Crippen LogP contribution in [-0.2, 0) is 0 Å². The van der Waals surface area contributed by atoms with E-state index in [1.54, 1.807) is 19.2 Å². The van der Waals surface area contributed by atoms with E-state index in [1.165, 1.54) is 6.08 Å². The number of pyridine rings is 1. The van der Waals surface area contributed by atoms with Crippen LogP contribution in [0.3, 0.4) is 0 Å². The summed E-state index contributed by atoms with van der Waals surface area (Å²) in [5.41, 5.74) is 1.47. The van der Waals surface area contributed by atoms with E-state index < -0.39 is 0 Å². The van der Waals surface area contributed by atoms with Crippen molar-refractivity contribution in [3.8, 4) is 0 Å². The molecule has 1 fully saturated rings. The van der Waals surface area contributed by atoms with E-state index in [-0.39, 0.29) is 5.83 Å². The van der Waals surface area contributed by atoms with Gasteiger partial charge in [0.15, 0.2) is 0 Å². The topological polar surface area (TPSA) is 28.2 Å². The van der Waals surface area contributed by atoms with E-state index in [4.69, 9.17) is 0 Å². The molecule has 3 nitrogen and oxygen atoms in total. The van der Waals surface area contributed by atoms with Crippen LogP contribution in [0.25, 0.3) is 5.83 Å². The minimum absolute atomic E-state index is 0.271. The molecule has 0 saturated carbocycles. The zero-order chi connectivity index (χ0) is 11.4. The van der Waals surface area contributed by atoms with Crippen molar-refractivity contribution >= 4 is 11.5 Å². The van der Waals surface area contributed by atoms with Crippen LogP contribution < -0.4 is 10.2 Å². The lowest BCUT2D eigenvalue weighted by Crippen LogP contribution is -2.43. The molecule has 0 unspecified atom stereocenters. The first kappa shape index (κ1) is 11.1. The van der Waals surface area contributed by atoms with Gasteiger partial charge in [-0.3, -0.25) is 4.98 Å². The number of nitrogens with one attached hydrogen (secondary N) is 1. The molecule has 1 saturated heterocycles. The van der Waals surface area contributed by atoms with Crippen LogP contribution in [0.2, 0.25) is 0 Å². The SMILES string of the molecule is C/C=C(\F)c1ccc(N2CCNCC2)cn1. The smallest absolute Gasteiger partial charge is 0.144 e. The Kier molecular flexibility index (Phi) is 3.51. The molecule has 1 aliphatic heterocycles. The van der Waals surface area contributed by atoms with Crippen LogP contribution in [0.5, 0.6) is 0 Å². The van der Waals surface area contributed by atoms with Crippen molar-refractivity contribution in [2.75, 3.05) is 31.1 Å². The fourth-order valence-electron chi connectivity index (χ4n) is 1.79. The summed E-state index contributed by atoms with van der Waals surface area (Å²) < 4.78 is 13.2. The van der Waals surface area contributed by atoms with Crippen LogP contribution in [0.4, 0.5) is 10.1 Å². The largest absolute Gasteiger partial charge is 0.368 e. The summed E-state index contributed by atoms with van der Waals surface area (Å²) in [6, 6.07) is 3.66. The Morgan fingerprint density at radius 3 is 2.75 bits per heavy atom. The predicted octanol–water partition coefficient (Wildman–Crippen LogP) is 1.82. The highest BCUT2D eigenvalue weighted by Gasteiger charge is 2.10. The van der Waals surface area contributed by atoms with Gasteiger partial charge in [-0.05, 0) is 25.1 Å². The van der Waals surface area contributed by atoms with Gasteiger partial charge < -0.3 is 10.2 Å². The molecule has 16 heavy (non-hydrogen) atoms. The normalized spacial score (nSPS) is 17.6. The molecule has 0 radical (unpaired) electrons. The molecule has 0 atom stereocenters. The Morgan fingerprint density at radius 2 is 2.19 bits per heavy atom. The molecule has 0 aromatic carbocycles. The summed E-state index contributed by atoms with van der Waals surface area (Å²) in [6.07, 6.45) is 3.16. The predicted molar refractivity (Wildman–Crippen MR) is 64.1 cm³/mol. The quantitative estimate of drug-likeness (QED) is 0.825. The third-order valence-electron chi connectivity index (χ3n) is 2.73. The van der Waals surface area contributed by atoms with Crippen molar-refractivity contribution in [1.82, 2.24) is 10.3 Å². The summed E-state index contributed by atoms with van der Waals surface area (Å²) in [5.74, 6) is -0.271. The molecule has 2 heterocycles. The molecule has 0 bridgehead atoms. The molecule has 1 aliphatic rings. The number of piperazine rings is 1. The Bertz CT molecular complexity index is 366. The van der Waals surface area contributed by atoms with E-state index in [1.807, 2.05) is 6.07 Å². The van der Waals surface area contributed by atoms with Crippen molar-refractivity contribution in [1.29, 1.82) is 0 Å². The van der Waals surface area contributed by atoms with Gasteiger partial charge >= 0.3 is 0 Å². The minimum Gasteiger partial charge on any atom is -0.368 e. The van der Waals surface area contributed by atoms with Gasteiger partial charge in [0.25, 0.3) is 0 Å². The highest BCUT2D eigenvalue weighted by atomic mass is 19.1. The van der Waals surface area contributed by atoms with Gasteiger partial charge in [-0.2, -0.15) is 0 Å². The number of hydrogen-bond donors (Lipinski definition) is 1. The van der Waals surface area contributed by atoms with Crippen molar-refractivity contribution in [2.45, 2.75) is 6.92 Å². The van der Waals surface area contributed by atoms with Crippen molar-refractivity contribution in [2.24, 2.45) is 0 Å². The molecule has 86 valence electrons. The lowest BCUT2D eigenvalue weighted by molar-refractivity contribution is 0.588. The maximum Gasteiger partial charge on any atom is 0.144 e. The monoisotopic (exact) mass is 221 g/mol. The minimum atomic E-state index is -0.271. The average molecular weight is 221 g/mol. The molecule has 4 heteroatoms. The van der Waals surface area contributed by atoms with Gasteiger partial charge in [-0.15, -0.1) is 0 Å². The van der Waals surface area contributed by atoms with Crippen LogP contribution in [0.1, 0.15) is 12.6 Å². The Balaban J connectivity index is 2.12. The summed E-state index contributed by atoms with van der Waals surface area (Å²) in [7, 11) is 0. The fourth-order valence-corrected chi connectivity index (χ4v) is 1.79. The molecule has 0 spiro atoms. The highest BCUT2D eigenvalue weighted by Crippen LogP contribution is 2.18. The molecule has 0 aliphatic carbocycles. The first-order chi connectivity index (χ1) is 7.81. The van der Waals surface area contributed by atoms with Gasteiger partial charge in [-0.1, -0.05) is 0 Å². The van der Waals surface area contributed by atoms with Crippen LogP contribution in [0, 0.1) is 0 Å². The number of halogens is 1. The average Bonchev–Trinajstić information content (AvgIpc) is 2.39. The number of anilines is 1. The molecule has 0 amide bonds. The zero-order valence-electron chi connectivity index (χ0n) is 9.41. The molecular weight excluding hydrogens is 205 g/mol. The fraction of sp³-hybridized carbons (Fsp3) is 0.417. The number of hydrogen-bond acceptors (Lipinski definition) is 3. The first-order valence-corrected chi connectivity index (χ1v) is 5.55. The van der Waals surface area contributed by atoms with Gasteiger partial charge in [0.2, 0.25) is 0 Å². The second kappa shape index (κ2) is 5.07. The van der Waals surface area contributed by atoms with E-state index in [0.29, 0.717) is 5.69 Å². The third kappa shape index (κ3) is 2.39. The highest BCUT2D eigenvalue weighted by molar-refractivity contribution is 5.57. The third-order valence-corrected chi connectivity index (χ3v) is 2.73. The molecule has 1 aromatic rings. The number of rotatable bonds is 2. The van der Waals surface area contributed by atoms with Gasteiger partial charge in [0.05, 0.1) is 17.6 Å². The van der Waals surface area contributed by atoms with E-state index in [2.05, 4.69) is 15.2 Å². The Morgan fingerprint density at radius 1 is 1.44 bits per heavy atom. The molecule has 2 rings (SSSR count). The van der Waals surface area contributed by atoms with Crippen molar-refractivity contribution in [3.05, 3.63) is 30.1 Å². The Hall–Kier alpha value is -1.42. The van der Waals surface area contributed by atoms with E-state index in [0.717, 1.165) is 31.9 Å². The number of nitrogens with zero attached hydrogens (tertiary/aromatic N) is 2. The molecule has 1 N–H and O–H groups in total. The van der Waals surface area contributed by atoms with Gasteiger partial charge in [-0.25, -0.2) is 4.39 Å². The molecular formula is C12H16FN3. The van der Waals surface area contributed by atoms with Crippen molar-refractivity contribution in [3.63, 3.8) is 0 Å². The van der Waals surface area contributed by atoms with Crippen LogP contribution in [-0.4, -0.2) is 31.2 Å². The second-order valence-electron chi connectivity index (χ2n) is 3.78. The lowest BCUT2D eigenvalue weighted by atomic mass is 10.2. The second-order valence-corrected chi connectivity index (χ2v) is 3.78. The summed E-state index contributed by atoms with van der Waals surface area (Å²) in [5, 5.41) is 3.29. The van der Waals surface area contributed by atoms with E-state index >= 15 is 0 Å². The summed E-state index contributed by atoms with van der Waals surface area (Å²) in [6.45, 7) is 5.61. The van der Waals surface area contributed by atoms with Crippen molar-refractivity contribution < 1.29 is 4.39 Å². The maximum atomic E-state index is 13.2. The lowest BCUT2D eigenvalue weighted by Gasteiger charge is -2.29. The summed E-state index contributed by atoms with van der Waals surface area (Å²) in [4.78, 5) is 6.37. The Labute approximate surface area is 95.0 Å². The van der Waals surface area contributed by atoms with Crippen LogP contribution in [0.15, 0.2) is 24.4 Å². The van der Waals surface area contributed by atoms with Crippen LogP contribution >= 0.6 is 0 Å². The van der Waals surface area contributed by atoms with Gasteiger partial charge in [0.1, 0.15) is 5.83 Å². The maximum absolute atomic E-state index is 13.2. The number of aromatic nitrogens is 1. The van der Waals surface area contributed by atoms with E-state index in [9.17, 15) is 4.39 Å². The summed E-state index contributed by atoms with van der Waals surface area (Å²) >= 11 is 0. The first-order valence-electron chi connectivity index (χ1n) is 5.55.